The van der Waals surface area contributed by atoms with E-state index in [9.17, 15) is 0 Å². The number of rotatable bonds is 0. The number of aromatic amines is 1. The maximum Gasteiger partial charge on any atom is 0.147 e. The van der Waals surface area contributed by atoms with Crippen LogP contribution in [-0.2, 0) is 0 Å². The van der Waals surface area contributed by atoms with Gasteiger partial charge in [0.25, 0.3) is 0 Å². The quantitative estimate of drug-likeness (QED) is 0.701. The molecule has 0 atom stereocenters. The maximum absolute atomic E-state index is 5.37. The Hall–Kier alpha value is -1.33. The standard InChI is InChI=1S/C4H3ClN2.C4H4N2S/c5-4-3-6-1-2-7-4;7-4-3-5-1-2-6-4/h1-3H;1-3H,(H,6,7). The predicted octanol–water partition coefficient (Wildman–Crippen LogP) is 2.27. The minimum atomic E-state index is 0.433. The highest BCUT2D eigenvalue weighted by Gasteiger charge is 1.77. The van der Waals surface area contributed by atoms with E-state index in [1.165, 1.54) is 6.20 Å². The summed E-state index contributed by atoms with van der Waals surface area (Å²) in [6.07, 6.45) is 9.54. The SMILES string of the molecule is Clc1cnccn1.S=c1cncc[nH]1. The first-order valence-corrected chi connectivity index (χ1v) is 4.48. The van der Waals surface area contributed by atoms with Crippen LogP contribution in [0.3, 0.4) is 0 Å². The Bertz CT molecular complexity index is 399. The Balaban J connectivity index is 0.000000140. The molecular formula is C8H7ClN4S. The topological polar surface area (TPSA) is 54.5 Å². The fraction of sp³-hybridized carbons (Fsp3) is 0. The minimum absolute atomic E-state index is 0.433. The van der Waals surface area contributed by atoms with Gasteiger partial charge in [-0.05, 0) is 0 Å². The number of nitrogens with zero attached hydrogens (tertiary/aromatic N) is 3. The van der Waals surface area contributed by atoms with Gasteiger partial charge in [-0.2, -0.15) is 0 Å². The lowest BCUT2D eigenvalue weighted by Gasteiger charge is -1.79. The number of hydrogen-bond donors (Lipinski definition) is 1. The molecule has 0 aromatic carbocycles. The second-order valence-corrected chi connectivity index (χ2v) is 2.96. The first-order chi connectivity index (χ1) is 6.79. The fourth-order valence-electron chi connectivity index (χ4n) is 0.591. The van der Waals surface area contributed by atoms with Crippen molar-refractivity contribution >= 4 is 23.8 Å². The van der Waals surface area contributed by atoms with Crippen molar-refractivity contribution in [3.63, 3.8) is 0 Å². The highest BCUT2D eigenvalue weighted by atomic mass is 35.5. The molecule has 2 aromatic heterocycles. The van der Waals surface area contributed by atoms with Crippen molar-refractivity contribution in [2.45, 2.75) is 0 Å². The molecule has 2 rings (SSSR count). The normalized spacial score (nSPS) is 8.64. The molecule has 0 radical (unpaired) electrons. The zero-order valence-electron chi connectivity index (χ0n) is 7.09. The number of H-pyrrole nitrogens is 1. The van der Waals surface area contributed by atoms with Crippen LogP contribution in [0.4, 0.5) is 0 Å². The van der Waals surface area contributed by atoms with E-state index in [2.05, 4.69) is 19.9 Å². The Morgan fingerprint density at radius 3 is 2.21 bits per heavy atom. The van der Waals surface area contributed by atoms with Crippen LogP contribution in [-0.4, -0.2) is 19.9 Å². The van der Waals surface area contributed by atoms with E-state index in [4.69, 9.17) is 23.8 Å². The van der Waals surface area contributed by atoms with Crippen LogP contribution in [0.5, 0.6) is 0 Å². The van der Waals surface area contributed by atoms with Gasteiger partial charge in [0.2, 0.25) is 0 Å². The summed E-state index contributed by atoms with van der Waals surface area (Å²) in [7, 11) is 0. The summed E-state index contributed by atoms with van der Waals surface area (Å²) in [4.78, 5) is 13.9. The lowest BCUT2D eigenvalue weighted by Crippen LogP contribution is -1.71. The second kappa shape index (κ2) is 6.17. The van der Waals surface area contributed by atoms with Gasteiger partial charge in [0.15, 0.2) is 0 Å². The van der Waals surface area contributed by atoms with Gasteiger partial charge < -0.3 is 4.98 Å². The third-order valence-corrected chi connectivity index (χ3v) is 1.53. The highest BCUT2D eigenvalue weighted by molar-refractivity contribution is 7.71. The summed E-state index contributed by atoms with van der Waals surface area (Å²) < 4.78 is 0.669. The van der Waals surface area contributed by atoms with E-state index in [0.29, 0.717) is 9.79 Å². The average molecular weight is 227 g/mol. The minimum Gasteiger partial charge on any atom is -0.350 e. The monoisotopic (exact) mass is 226 g/mol. The Morgan fingerprint density at radius 1 is 1.14 bits per heavy atom. The first-order valence-electron chi connectivity index (χ1n) is 3.69. The van der Waals surface area contributed by atoms with Gasteiger partial charge in [-0.15, -0.1) is 0 Å². The lowest BCUT2D eigenvalue weighted by molar-refractivity contribution is 1.18. The van der Waals surface area contributed by atoms with Crippen molar-refractivity contribution in [2.24, 2.45) is 0 Å². The smallest absolute Gasteiger partial charge is 0.147 e. The maximum atomic E-state index is 5.37. The molecule has 1 N–H and O–H groups in total. The van der Waals surface area contributed by atoms with Crippen LogP contribution in [0, 0.1) is 4.64 Å². The van der Waals surface area contributed by atoms with Crippen molar-refractivity contribution in [1.29, 1.82) is 0 Å². The van der Waals surface area contributed by atoms with Gasteiger partial charge in [0, 0.05) is 24.8 Å². The highest BCUT2D eigenvalue weighted by Crippen LogP contribution is 1.95. The summed E-state index contributed by atoms with van der Waals surface area (Å²) in [6.45, 7) is 0. The van der Waals surface area contributed by atoms with Gasteiger partial charge >= 0.3 is 0 Å². The molecular weight excluding hydrogens is 220 g/mol. The van der Waals surface area contributed by atoms with Crippen LogP contribution in [0.25, 0.3) is 0 Å². The fourth-order valence-corrected chi connectivity index (χ4v) is 0.833. The largest absolute Gasteiger partial charge is 0.350 e. The lowest BCUT2D eigenvalue weighted by atomic mass is 10.8. The van der Waals surface area contributed by atoms with Crippen molar-refractivity contribution in [3.05, 3.63) is 47.0 Å². The third kappa shape index (κ3) is 4.64. The number of nitrogens with one attached hydrogen (secondary N) is 1. The Labute approximate surface area is 91.0 Å². The summed E-state index contributed by atoms with van der Waals surface area (Å²) in [6, 6.07) is 0. The summed E-state index contributed by atoms with van der Waals surface area (Å²) in [5, 5.41) is 0.433. The number of aromatic nitrogens is 4. The van der Waals surface area contributed by atoms with Crippen LogP contribution in [0.1, 0.15) is 0 Å². The van der Waals surface area contributed by atoms with Crippen LogP contribution >= 0.6 is 23.8 Å². The Morgan fingerprint density at radius 2 is 1.93 bits per heavy atom. The van der Waals surface area contributed by atoms with E-state index in [-0.39, 0.29) is 0 Å². The molecule has 4 nitrogen and oxygen atoms in total. The molecule has 0 saturated carbocycles. The van der Waals surface area contributed by atoms with E-state index in [0.717, 1.165) is 0 Å². The molecule has 6 heteroatoms. The van der Waals surface area contributed by atoms with Crippen molar-refractivity contribution in [3.8, 4) is 0 Å². The first kappa shape index (κ1) is 10.7. The van der Waals surface area contributed by atoms with Crippen molar-refractivity contribution in [2.75, 3.05) is 0 Å². The molecule has 0 fully saturated rings. The second-order valence-electron chi connectivity index (χ2n) is 2.13. The molecule has 72 valence electrons. The molecule has 0 aliphatic rings. The molecule has 2 aromatic rings. The van der Waals surface area contributed by atoms with E-state index in [1.54, 1.807) is 31.0 Å². The van der Waals surface area contributed by atoms with E-state index < -0.39 is 0 Å². The van der Waals surface area contributed by atoms with Gasteiger partial charge in [0.05, 0.1) is 12.4 Å². The van der Waals surface area contributed by atoms with E-state index >= 15 is 0 Å². The average Bonchev–Trinajstić information content (AvgIpc) is 2.21. The van der Waals surface area contributed by atoms with Crippen molar-refractivity contribution in [1.82, 2.24) is 19.9 Å². The summed E-state index contributed by atoms with van der Waals surface area (Å²) in [5.41, 5.74) is 0. The number of halogens is 1. The third-order valence-electron chi connectivity index (χ3n) is 1.11. The Kier molecular flexibility index (Phi) is 4.74. The van der Waals surface area contributed by atoms with Crippen LogP contribution in [0.2, 0.25) is 5.15 Å². The zero-order valence-corrected chi connectivity index (χ0v) is 8.66. The molecule has 0 aliphatic carbocycles. The molecule has 14 heavy (non-hydrogen) atoms. The summed E-state index contributed by atoms with van der Waals surface area (Å²) >= 11 is 10.1. The van der Waals surface area contributed by atoms with Crippen LogP contribution < -0.4 is 0 Å². The van der Waals surface area contributed by atoms with Gasteiger partial charge in [-0.1, -0.05) is 23.8 Å². The molecule has 0 bridgehead atoms. The zero-order chi connectivity index (χ0) is 10.2. The van der Waals surface area contributed by atoms with E-state index in [1.807, 2.05) is 0 Å². The molecule has 0 amide bonds. The molecule has 0 saturated heterocycles. The molecule has 0 aliphatic heterocycles. The summed E-state index contributed by atoms with van der Waals surface area (Å²) in [5.74, 6) is 0. The van der Waals surface area contributed by atoms with Crippen LogP contribution in [0.15, 0.2) is 37.2 Å². The molecule has 2 heterocycles. The van der Waals surface area contributed by atoms with Gasteiger partial charge in [-0.25, -0.2) is 4.98 Å². The molecule has 0 spiro atoms. The van der Waals surface area contributed by atoms with Gasteiger partial charge in [0.1, 0.15) is 9.79 Å². The number of hydrogen-bond acceptors (Lipinski definition) is 4. The molecule has 0 unspecified atom stereocenters. The van der Waals surface area contributed by atoms with Crippen molar-refractivity contribution < 1.29 is 0 Å². The predicted molar refractivity (Wildman–Crippen MR) is 56.5 cm³/mol. The van der Waals surface area contributed by atoms with Gasteiger partial charge in [-0.3, -0.25) is 9.97 Å².